The van der Waals surface area contributed by atoms with Gasteiger partial charge < -0.3 is 19.8 Å². The summed E-state index contributed by atoms with van der Waals surface area (Å²) in [6.07, 6.45) is 3.88. The third-order valence-electron chi connectivity index (χ3n) is 4.23. The Morgan fingerprint density at radius 2 is 1.65 bits per heavy atom. The van der Waals surface area contributed by atoms with Crippen molar-refractivity contribution in [2.75, 3.05) is 33.7 Å². The molecule has 0 aromatic carbocycles. The number of nitrogens with zero attached hydrogens (tertiary/aromatic N) is 3. The summed E-state index contributed by atoms with van der Waals surface area (Å²) < 4.78 is 0. The molecule has 2 heterocycles. The first-order valence-electron chi connectivity index (χ1n) is 7.43. The van der Waals surface area contributed by atoms with Crippen molar-refractivity contribution < 1.29 is 14.7 Å². The van der Waals surface area contributed by atoms with Gasteiger partial charge in [-0.3, -0.25) is 4.79 Å². The highest BCUT2D eigenvalue weighted by Crippen LogP contribution is 2.26. The van der Waals surface area contributed by atoms with Crippen molar-refractivity contribution in [1.29, 1.82) is 0 Å². The number of likely N-dealkylation sites (N-methyl/N-ethyl adjacent to an activating group) is 1. The van der Waals surface area contributed by atoms with Gasteiger partial charge in [0.2, 0.25) is 0 Å². The van der Waals surface area contributed by atoms with Crippen molar-refractivity contribution in [3.63, 3.8) is 0 Å². The van der Waals surface area contributed by atoms with E-state index in [0.29, 0.717) is 6.54 Å². The van der Waals surface area contributed by atoms with Gasteiger partial charge >= 0.3 is 12.0 Å². The normalized spacial score (nSPS) is 26.6. The molecule has 0 aromatic rings. The fourth-order valence-corrected chi connectivity index (χ4v) is 3.37. The molecular formula is C14H25N3O3. The van der Waals surface area contributed by atoms with Crippen molar-refractivity contribution in [3.05, 3.63) is 0 Å². The van der Waals surface area contributed by atoms with E-state index in [-0.39, 0.29) is 24.5 Å². The van der Waals surface area contributed by atoms with Gasteiger partial charge in [0, 0.05) is 31.7 Å². The number of carbonyl (C=O) groups excluding carboxylic acids is 1. The van der Waals surface area contributed by atoms with Crippen LogP contribution in [0.25, 0.3) is 0 Å². The smallest absolute Gasteiger partial charge is 0.320 e. The van der Waals surface area contributed by atoms with Gasteiger partial charge in [-0.2, -0.15) is 0 Å². The minimum absolute atomic E-state index is 0.0399. The van der Waals surface area contributed by atoms with E-state index in [4.69, 9.17) is 5.11 Å². The van der Waals surface area contributed by atoms with E-state index >= 15 is 0 Å². The Morgan fingerprint density at radius 1 is 1.10 bits per heavy atom. The molecule has 1 N–H and O–H groups in total. The Hall–Kier alpha value is -1.30. The first-order chi connectivity index (χ1) is 9.49. The van der Waals surface area contributed by atoms with Crippen LogP contribution in [-0.2, 0) is 4.79 Å². The number of rotatable bonds is 4. The van der Waals surface area contributed by atoms with Crippen LogP contribution in [0, 0.1) is 0 Å². The summed E-state index contributed by atoms with van der Waals surface area (Å²) in [5.74, 6) is -0.819. The molecule has 0 saturated carbocycles. The van der Waals surface area contributed by atoms with Crippen molar-refractivity contribution in [1.82, 2.24) is 14.7 Å². The molecule has 2 aliphatic heterocycles. The number of hydrogen-bond donors (Lipinski definition) is 1. The summed E-state index contributed by atoms with van der Waals surface area (Å²) >= 11 is 0. The third kappa shape index (κ3) is 3.42. The van der Waals surface area contributed by atoms with E-state index in [1.165, 1.54) is 0 Å². The van der Waals surface area contributed by atoms with Gasteiger partial charge in [-0.05, 0) is 39.8 Å². The lowest BCUT2D eigenvalue weighted by Crippen LogP contribution is -2.50. The van der Waals surface area contributed by atoms with Crippen LogP contribution in [0.2, 0.25) is 0 Å². The molecular weight excluding hydrogens is 258 g/mol. The van der Waals surface area contributed by atoms with Crippen LogP contribution in [0.5, 0.6) is 0 Å². The monoisotopic (exact) mass is 283 g/mol. The molecule has 2 amide bonds. The van der Waals surface area contributed by atoms with Gasteiger partial charge in [0.05, 0.1) is 6.42 Å². The fraction of sp³-hybridized carbons (Fsp3) is 0.857. The Kier molecular flexibility index (Phi) is 4.86. The maximum absolute atomic E-state index is 12.7. The SMILES string of the molecule is CN(C)CC1CCCN1C(=O)N1CCCC1CC(=O)O. The van der Waals surface area contributed by atoms with Crippen molar-refractivity contribution >= 4 is 12.0 Å². The number of carboxylic acids is 1. The summed E-state index contributed by atoms with van der Waals surface area (Å²) in [5.41, 5.74) is 0. The second kappa shape index (κ2) is 6.43. The molecule has 114 valence electrons. The summed E-state index contributed by atoms with van der Waals surface area (Å²) in [6.45, 7) is 2.37. The largest absolute Gasteiger partial charge is 0.481 e. The predicted molar refractivity (Wildman–Crippen MR) is 75.7 cm³/mol. The van der Waals surface area contributed by atoms with Crippen LogP contribution in [-0.4, -0.2) is 77.6 Å². The fourth-order valence-electron chi connectivity index (χ4n) is 3.37. The van der Waals surface area contributed by atoms with Crippen LogP contribution in [0.1, 0.15) is 32.1 Å². The van der Waals surface area contributed by atoms with E-state index in [9.17, 15) is 9.59 Å². The number of carbonyl (C=O) groups is 2. The van der Waals surface area contributed by atoms with E-state index in [1.54, 1.807) is 4.90 Å². The number of aliphatic carboxylic acids is 1. The Morgan fingerprint density at radius 3 is 2.20 bits per heavy atom. The van der Waals surface area contributed by atoms with Gasteiger partial charge in [-0.15, -0.1) is 0 Å². The average molecular weight is 283 g/mol. The zero-order valence-corrected chi connectivity index (χ0v) is 12.4. The average Bonchev–Trinajstić information content (AvgIpc) is 2.96. The summed E-state index contributed by atoms with van der Waals surface area (Å²) in [7, 11) is 4.04. The zero-order chi connectivity index (χ0) is 14.7. The maximum atomic E-state index is 12.7. The molecule has 20 heavy (non-hydrogen) atoms. The second-order valence-electron chi connectivity index (χ2n) is 6.12. The van der Waals surface area contributed by atoms with Gasteiger partial charge in [-0.1, -0.05) is 0 Å². The van der Waals surface area contributed by atoms with Crippen LogP contribution in [0.4, 0.5) is 4.79 Å². The molecule has 0 radical (unpaired) electrons. The number of urea groups is 1. The van der Waals surface area contributed by atoms with Gasteiger partial charge in [-0.25, -0.2) is 4.79 Å². The van der Waals surface area contributed by atoms with E-state index < -0.39 is 5.97 Å². The predicted octanol–water partition coefficient (Wildman–Crippen LogP) is 1.07. The second-order valence-corrected chi connectivity index (χ2v) is 6.12. The molecule has 0 aromatic heterocycles. The highest BCUT2D eigenvalue weighted by molar-refractivity contribution is 5.77. The Bertz CT molecular complexity index is 373. The van der Waals surface area contributed by atoms with E-state index in [2.05, 4.69) is 4.90 Å². The molecule has 2 saturated heterocycles. The van der Waals surface area contributed by atoms with E-state index in [1.807, 2.05) is 19.0 Å². The maximum Gasteiger partial charge on any atom is 0.320 e. The molecule has 0 bridgehead atoms. The third-order valence-corrected chi connectivity index (χ3v) is 4.23. The number of amides is 2. The van der Waals surface area contributed by atoms with Crippen molar-refractivity contribution in [2.24, 2.45) is 0 Å². The number of likely N-dealkylation sites (tertiary alicyclic amines) is 2. The molecule has 2 aliphatic rings. The van der Waals surface area contributed by atoms with Crippen molar-refractivity contribution in [2.45, 2.75) is 44.2 Å². The Balaban J connectivity index is 2.00. The number of carboxylic acid groups (broad SMARTS) is 1. The van der Waals surface area contributed by atoms with Crippen LogP contribution >= 0.6 is 0 Å². The zero-order valence-electron chi connectivity index (χ0n) is 12.4. The summed E-state index contributed by atoms with van der Waals surface area (Å²) in [6, 6.07) is 0.183. The molecule has 6 nitrogen and oxygen atoms in total. The van der Waals surface area contributed by atoms with E-state index in [0.717, 1.165) is 38.8 Å². The van der Waals surface area contributed by atoms with Crippen LogP contribution < -0.4 is 0 Å². The molecule has 2 rings (SSSR count). The summed E-state index contributed by atoms with van der Waals surface area (Å²) in [4.78, 5) is 29.4. The number of hydrogen-bond acceptors (Lipinski definition) is 3. The topological polar surface area (TPSA) is 64.1 Å². The van der Waals surface area contributed by atoms with Crippen LogP contribution in [0.3, 0.4) is 0 Å². The highest BCUT2D eigenvalue weighted by atomic mass is 16.4. The first kappa shape index (κ1) is 15.1. The minimum atomic E-state index is -0.819. The van der Waals surface area contributed by atoms with Crippen LogP contribution in [0.15, 0.2) is 0 Å². The molecule has 0 aliphatic carbocycles. The molecule has 6 heteroatoms. The minimum Gasteiger partial charge on any atom is -0.481 e. The summed E-state index contributed by atoms with van der Waals surface area (Å²) in [5, 5.41) is 8.95. The standard InChI is InChI=1S/C14H25N3O3/c1-15(2)10-12-6-4-8-17(12)14(20)16-7-3-5-11(16)9-13(18)19/h11-12H,3-10H2,1-2H3,(H,18,19). The first-order valence-corrected chi connectivity index (χ1v) is 7.43. The van der Waals surface area contributed by atoms with Gasteiger partial charge in [0.1, 0.15) is 0 Å². The molecule has 0 spiro atoms. The lowest BCUT2D eigenvalue weighted by molar-refractivity contribution is -0.138. The highest BCUT2D eigenvalue weighted by Gasteiger charge is 2.37. The van der Waals surface area contributed by atoms with Gasteiger partial charge in [0.15, 0.2) is 0 Å². The molecule has 2 atom stereocenters. The van der Waals surface area contributed by atoms with Gasteiger partial charge in [0.25, 0.3) is 0 Å². The lowest BCUT2D eigenvalue weighted by Gasteiger charge is -2.33. The quantitative estimate of drug-likeness (QED) is 0.838. The lowest BCUT2D eigenvalue weighted by atomic mass is 10.1. The molecule has 2 fully saturated rings. The Labute approximate surface area is 120 Å². The van der Waals surface area contributed by atoms with Crippen molar-refractivity contribution in [3.8, 4) is 0 Å². The molecule has 2 unspecified atom stereocenters.